The number of nitrogens with one attached hydrogen (secondary N) is 1. The molecule has 0 amide bonds. The molecular weight excluding hydrogens is 411 g/mol. The first-order valence-corrected chi connectivity index (χ1v) is 9.32. The van der Waals surface area contributed by atoms with E-state index in [4.69, 9.17) is 4.74 Å². The van der Waals surface area contributed by atoms with Crippen molar-refractivity contribution in [3.05, 3.63) is 99.6 Å². The van der Waals surface area contributed by atoms with Crippen LogP contribution in [0.4, 0.5) is 24.5 Å². The number of hydrazone groups is 1. The Kier molecular flexibility index (Phi) is 5.33. The van der Waals surface area contributed by atoms with Crippen LogP contribution in [0.25, 0.3) is 0 Å². The Morgan fingerprint density at radius 2 is 1.74 bits per heavy atom. The largest absolute Gasteiger partial charge is 0.485 e. The van der Waals surface area contributed by atoms with Gasteiger partial charge in [-0.2, -0.15) is 18.3 Å². The molecule has 158 valence electrons. The summed E-state index contributed by atoms with van der Waals surface area (Å²) in [4.78, 5) is 10.4. The van der Waals surface area contributed by atoms with E-state index >= 15 is 0 Å². The average Bonchev–Trinajstić information content (AvgIpc) is 2.77. The second kappa shape index (κ2) is 8.10. The van der Waals surface area contributed by atoms with E-state index in [1.165, 1.54) is 0 Å². The molecule has 6 nitrogen and oxygen atoms in total. The smallest absolute Gasteiger partial charge is 0.416 e. The molecule has 9 heteroatoms. The summed E-state index contributed by atoms with van der Waals surface area (Å²) in [5, 5.41) is 15.6. The third-order valence-corrected chi connectivity index (χ3v) is 4.85. The first-order valence-electron chi connectivity index (χ1n) is 9.32. The number of nitro benzene ring substituents is 1. The molecule has 1 atom stereocenters. The van der Waals surface area contributed by atoms with Gasteiger partial charge in [0.25, 0.3) is 5.69 Å². The van der Waals surface area contributed by atoms with E-state index in [2.05, 4.69) is 10.5 Å². The first kappa shape index (κ1) is 20.4. The zero-order valence-corrected chi connectivity index (χ0v) is 16.0. The molecule has 0 saturated carbocycles. The van der Waals surface area contributed by atoms with E-state index in [9.17, 15) is 23.3 Å². The molecule has 0 spiro atoms. The van der Waals surface area contributed by atoms with Gasteiger partial charge in [0.2, 0.25) is 0 Å². The molecule has 1 heterocycles. The zero-order chi connectivity index (χ0) is 22.0. The molecule has 4 rings (SSSR count). The maximum Gasteiger partial charge on any atom is 0.416 e. The molecule has 1 N–H and O–H groups in total. The predicted octanol–water partition coefficient (Wildman–Crippen LogP) is 5.95. The van der Waals surface area contributed by atoms with Crippen LogP contribution < -0.4 is 10.2 Å². The van der Waals surface area contributed by atoms with Gasteiger partial charge >= 0.3 is 6.18 Å². The minimum Gasteiger partial charge on any atom is -0.485 e. The van der Waals surface area contributed by atoms with E-state index in [0.717, 1.165) is 17.7 Å². The van der Waals surface area contributed by atoms with Gasteiger partial charge in [-0.15, -0.1) is 0 Å². The molecule has 1 aliphatic rings. The Hall–Kier alpha value is -3.88. The van der Waals surface area contributed by atoms with Gasteiger partial charge in [0.15, 0.2) is 0 Å². The SMILES string of the molecule is O=[N+]([O-])c1cc(C(F)(F)F)ccc1NN=C1CC(c2ccccc2)Oc2ccccc21. The highest BCUT2D eigenvalue weighted by Gasteiger charge is 2.33. The van der Waals surface area contributed by atoms with Crippen molar-refractivity contribution < 1.29 is 22.8 Å². The summed E-state index contributed by atoms with van der Waals surface area (Å²) in [5.41, 5.74) is 2.85. The normalized spacial score (nSPS) is 17.0. The topological polar surface area (TPSA) is 76.8 Å². The minimum absolute atomic E-state index is 0.134. The molecule has 0 radical (unpaired) electrons. The number of halogens is 3. The van der Waals surface area contributed by atoms with Crippen LogP contribution in [0.2, 0.25) is 0 Å². The van der Waals surface area contributed by atoms with Crippen molar-refractivity contribution in [2.45, 2.75) is 18.7 Å². The van der Waals surface area contributed by atoms with Crippen molar-refractivity contribution in [1.82, 2.24) is 0 Å². The standard InChI is InChI=1S/C22H16F3N3O3/c23-22(24,25)15-10-11-17(19(12-15)28(29)30)26-27-18-13-21(14-6-2-1-3-7-14)31-20-9-5-4-8-16(18)20/h1-12,21,26H,13H2. The van der Waals surface area contributed by atoms with Crippen LogP contribution in [-0.2, 0) is 6.18 Å². The van der Waals surface area contributed by atoms with E-state index in [1.807, 2.05) is 36.4 Å². The zero-order valence-electron chi connectivity index (χ0n) is 16.0. The Morgan fingerprint density at radius 3 is 2.45 bits per heavy atom. The lowest BCUT2D eigenvalue weighted by Gasteiger charge is -2.27. The van der Waals surface area contributed by atoms with Crippen molar-refractivity contribution in [3.63, 3.8) is 0 Å². The van der Waals surface area contributed by atoms with Crippen LogP contribution in [0.1, 0.15) is 29.2 Å². The summed E-state index contributed by atoms with van der Waals surface area (Å²) in [6.07, 6.45) is -4.63. The lowest BCUT2D eigenvalue weighted by atomic mass is 9.96. The van der Waals surface area contributed by atoms with E-state index < -0.39 is 22.4 Å². The van der Waals surface area contributed by atoms with Gasteiger partial charge in [0, 0.05) is 18.1 Å². The number of ether oxygens (including phenoxy) is 1. The number of rotatable bonds is 4. The summed E-state index contributed by atoms with van der Waals surface area (Å²) in [6, 6.07) is 19.0. The molecule has 1 unspecified atom stereocenters. The Labute approximate surface area is 175 Å². The molecule has 3 aromatic rings. The molecular formula is C22H16F3N3O3. The molecule has 0 aromatic heterocycles. The van der Waals surface area contributed by atoms with Crippen molar-refractivity contribution in [2.24, 2.45) is 5.10 Å². The van der Waals surface area contributed by atoms with Gasteiger partial charge in [-0.3, -0.25) is 15.5 Å². The second-order valence-electron chi connectivity index (χ2n) is 6.87. The summed E-state index contributed by atoms with van der Waals surface area (Å²) < 4.78 is 44.8. The lowest BCUT2D eigenvalue weighted by Crippen LogP contribution is -2.21. The second-order valence-corrected chi connectivity index (χ2v) is 6.87. The fourth-order valence-electron chi connectivity index (χ4n) is 3.33. The number of anilines is 1. The average molecular weight is 427 g/mol. The number of nitrogens with zero attached hydrogens (tertiary/aromatic N) is 2. The Bertz CT molecular complexity index is 1150. The van der Waals surface area contributed by atoms with E-state index in [-0.39, 0.29) is 11.8 Å². The highest BCUT2D eigenvalue weighted by molar-refractivity contribution is 6.04. The number of hydrogen-bond donors (Lipinski definition) is 1. The number of alkyl halides is 3. The van der Waals surface area contributed by atoms with Gasteiger partial charge in [-0.25, -0.2) is 0 Å². The Morgan fingerprint density at radius 1 is 1.03 bits per heavy atom. The number of hydrogen-bond acceptors (Lipinski definition) is 5. The van der Waals surface area contributed by atoms with Crippen molar-refractivity contribution in [2.75, 3.05) is 5.43 Å². The highest BCUT2D eigenvalue weighted by Crippen LogP contribution is 2.37. The third-order valence-electron chi connectivity index (χ3n) is 4.85. The van der Waals surface area contributed by atoms with Crippen LogP contribution in [0.15, 0.2) is 77.9 Å². The minimum atomic E-state index is -4.68. The maximum absolute atomic E-state index is 12.9. The van der Waals surface area contributed by atoms with Gasteiger partial charge in [-0.1, -0.05) is 42.5 Å². The van der Waals surface area contributed by atoms with Crippen LogP contribution >= 0.6 is 0 Å². The quantitative estimate of drug-likeness (QED) is 0.412. The number of nitro groups is 1. The van der Waals surface area contributed by atoms with Gasteiger partial charge in [0.05, 0.1) is 16.2 Å². The van der Waals surface area contributed by atoms with Crippen molar-refractivity contribution in [3.8, 4) is 5.75 Å². The van der Waals surface area contributed by atoms with Crippen molar-refractivity contribution >= 4 is 17.1 Å². The monoisotopic (exact) mass is 427 g/mol. The molecule has 0 fully saturated rings. The number of benzene rings is 3. The highest BCUT2D eigenvalue weighted by atomic mass is 19.4. The fraction of sp³-hybridized carbons (Fsp3) is 0.136. The van der Waals surface area contributed by atoms with Gasteiger partial charge < -0.3 is 4.74 Å². The van der Waals surface area contributed by atoms with E-state index in [0.29, 0.717) is 29.5 Å². The molecule has 0 aliphatic carbocycles. The summed E-state index contributed by atoms with van der Waals surface area (Å²) in [6.45, 7) is 0. The van der Waals surface area contributed by atoms with Crippen LogP contribution in [0, 0.1) is 10.1 Å². The number of fused-ring (bicyclic) bond motifs is 1. The van der Waals surface area contributed by atoms with Gasteiger partial charge in [0.1, 0.15) is 17.5 Å². The molecule has 3 aromatic carbocycles. The lowest BCUT2D eigenvalue weighted by molar-refractivity contribution is -0.384. The van der Waals surface area contributed by atoms with Crippen molar-refractivity contribution in [1.29, 1.82) is 0 Å². The molecule has 0 bridgehead atoms. The Balaban J connectivity index is 1.69. The van der Waals surface area contributed by atoms with E-state index in [1.54, 1.807) is 18.2 Å². The predicted molar refractivity (Wildman–Crippen MR) is 109 cm³/mol. The maximum atomic E-state index is 12.9. The van der Waals surface area contributed by atoms with Crippen LogP contribution in [-0.4, -0.2) is 10.6 Å². The summed E-state index contributed by atoms with van der Waals surface area (Å²) >= 11 is 0. The number of para-hydroxylation sites is 1. The van der Waals surface area contributed by atoms with Crippen LogP contribution in [0.5, 0.6) is 5.75 Å². The fourth-order valence-corrected chi connectivity index (χ4v) is 3.33. The summed E-state index contributed by atoms with van der Waals surface area (Å²) in [5.74, 6) is 0.602. The third kappa shape index (κ3) is 4.35. The van der Waals surface area contributed by atoms with Gasteiger partial charge in [-0.05, 0) is 29.8 Å². The molecule has 1 aliphatic heterocycles. The first-order chi connectivity index (χ1) is 14.8. The van der Waals surface area contributed by atoms with Crippen LogP contribution in [0.3, 0.4) is 0 Å². The summed E-state index contributed by atoms with van der Waals surface area (Å²) in [7, 11) is 0. The molecule has 0 saturated heterocycles. The molecule has 31 heavy (non-hydrogen) atoms.